The normalized spacial score (nSPS) is 11.0. The van der Waals surface area contributed by atoms with Crippen molar-refractivity contribution in [3.05, 3.63) is 58.7 Å². The molecule has 0 amide bonds. The number of benzene rings is 2. The molecule has 21 heavy (non-hydrogen) atoms. The third-order valence-corrected chi connectivity index (χ3v) is 3.76. The number of hydrogen-bond acceptors (Lipinski definition) is 3. The van der Waals surface area contributed by atoms with Gasteiger partial charge in [0.15, 0.2) is 0 Å². The van der Waals surface area contributed by atoms with E-state index in [4.69, 9.17) is 4.74 Å². The van der Waals surface area contributed by atoms with Gasteiger partial charge in [0.25, 0.3) is 0 Å². The monoisotopic (exact) mass is 342 g/mol. The average molecular weight is 343 g/mol. The number of aromatic nitrogens is 2. The average Bonchev–Trinajstić information content (AvgIpc) is 2.49. The smallest absolute Gasteiger partial charge is 0.322 e. The molecule has 1 aromatic heterocycles. The van der Waals surface area contributed by atoms with Crippen molar-refractivity contribution in [3.8, 4) is 11.8 Å². The van der Waals surface area contributed by atoms with Crippen LogP contribution in [-0.2, 0) is 0 Å². The zero-order valence-electron chi connectivity index (χ0n) is 11.9. The summed E-state index contributed by atoms with van der Waals surface area (Å²) in [6.45, 7) is 4.27. The van der Waals surface area contributed by atoms with Crippen LogP contribution in [0.3, 0.4) is 0 Å². The van der Waals surface area contributed by atoms with Crippen LogP contribution in [0.5, 0.6) is 11.8 Å². The van der Waals surface area contributed by atoms with E-state index < -0.39 is 0 Å². The van der Waals surface area contributed by atoms with Crippen LogP contribution in [-0.4, -0.2) is 9.97 Å². The Balaban J connectivity index is 1.98. The molecule has 0 bridgehead atoms. The molecule has 106 valence electrons. The molecule has 1 heterocycles. The standard InChI is InChI=1S/C17H15BrN2O/c1-11(2)14-9-13(18)7-8-16(14)21-17-19-10-12-5-3-4-6-15(12)20-17/h3-11H,1-2H3. The van der Waals surface area contributed by atoms with Gasteiger partial charge in [-0.1, -0.05) is 48.0 Å². The highest BCUT2D eigenvalue weighted by Crippen LogP contribution is 2.32. The summed E-state index contributed by atoms with van der Waals surface area (Å²) < 4.78 is 6.93. The fourth-order valence-electron chi connectivity index (χ4n) is 2.17. The summed E-state index contributed by atoms with van der Waals surface area (Å²) in [6.07, 6.45) is 1.78. The molecular formula is C17H15BrN2O. The molecule has 0 N–H and O–H groups in total. The zero-order valence-corrected chi connectivity index (χ0v) is 13.5. The van der Waals surface area contributed by atoms with E-state index in [1.54, 1.807) is 6.20 Å². The lowest BCUT2D eigenvalue weighted by Gasteiger charge is -2.13. The molecule has 0 saturated carbocycles. The van der Waals surface area contributed by atoms with Gasteiger partial charge >= 0.3 is 6.01 Å². The van der Waals surface area contributed by atoms with Crippen molar-refractivity contribution >= 4 is 26.8 Å². The van der Waals surface area contributed by atoms with Crippen molar-refractivity contribution in [2.45, 2.75) is 19.8 Å². The Kier molecular flexibility index (Phi) is 3.88. The Bertz CT molecular complexity index is 787. The number of fused-ring (bicyclic) bond motifs is 1. The second-order valence-corrected chi connectivity index (χ2v) is 6.07. The van der Waals surface area contributed by atoms with E-state index in [2.05, 4.69) is 45.8 Å². The van der Waals surface area contributed by atoms with Crippen LogP contribution < -0.4 is 4.74 Å². The highest BCUT2D eigenvalue weighted by atomic mass is 79.9. The molecule has 0 aliphatic rings. The van der Waals surface area contributed by atoms with Crippen molar-refractivity contribution in [1.82, 2.24) is 9.97 Å². The van der Waals surface area contributed by atoms with Gasteiger partial charge in [-0.3, -0.25) is 0 Å². The molecule has 3 nitrogen and oxygen atoms in total. The largest absolute Gasteiger partial charge is 0.424 e. The maximum Gasteiger partial charge on any atom is 0.322 e. The molecule has 0 fully saturated rings. The topological polar surface area (TPSA) is 35.0 Å². The summed E-state index contributed by atoms with van der Waals surface area (Å²) in [5.74, 6) is 1.15. The molecule has 0 atom stereocenters. The molecule has 0 unspecified atom stereocenters. The van der Waals surface area contributed by atoms with Gasteiger partial charge in [0, 0.05) is 16.1 Å². The molecule has 3 aromatic rings. The second-order valence-electron chi connectivity index (χ2n) is 5.15. The third kappa shape index (κ3) is 3.05. The van der Waals surface area contributed by atoms with Crippen molar-refractivity contribution in [2.75, 3.05) is 0 Å². The third-order valence-electron chi connectivity index (χ3n) is 3.26. The van der Waals surface area contributed by atoms with E-state index in [-0.39, 0.29) is 0 Å². The van der Waals surface area contributed by atoms with Crippen LogP contribution in [0.25, 0.3) is 10.9 Å². The molecule has 0 aliphatic carbocycles. The number of para-hydroxylation sites is 1. The van der Waals surface area contributed by atoms with E-state index in [0.29, 0.717) is 11.9 Å². The van der Waals surface area contributed by atoms with Crippen LogP contribution in [0.15, 0.2) is 53.1 Å². The first-order valence-corrected chi connectivity index (χ1v) is 7.62. The van der Waals surface area contributed by atoms with E-state index in [1.807, 2.05) is 36.4 Å². The molecule has 2 aromatic carbocycles. The summed E-state index contributed by atoms with van der Waals surface area (Å²) in [5, 5.41) is 1.00. The van der Waals surface area contributed by atoms with Crippen LogP contribution in [0.4, 0.5) is 0 Å². The lowest BCUT2D eigenvalue weighted by Crippen LogP contribution is -1.97. The predicted octanol–water partition coefficient (Wildman–Crippen LogP) is 5.31. The maximum atomic E-state index is 5.89. The van der Waals surface area contributed by atoms with Gasteiger partial charge < -0.3 is 4.74 Å². The summed E-state index contributed by atoms with van der Waals surface area (Å²) in [4.78, 5) is 8.73. The van der Waals surface area contributed by atoms with Crippen LogP contribution in [0, 0.1) is 0 Å². The van der Waals surface area contributed by atoms with E-state index >= 15 is 0 Å². The van der Waals surface area contributed by atoms with E-state index in [1.165, 1.54) is 0 Å². The second kappa shape index (κ2) is 5.82. The van der Waals surface area contributed by atoms with Gasteiger partial charge in [0.1, 0.15) is 5.75 Å². The first-order valence-electron chi connectivity index (χ1n) is 6.82. The Labute approximate surface area is 132 Å². The van der Waals surface area contributed by atoms with Gasteiger partial charge in [0.2, 0.25) is 0 Å². The number of hydrogen-bond donors (Lipinski definition) is 0. The Hall–Kier alpha value is -1.94. The molecule has 0 saturated heterocycles. The number of ether oxygens (including phenoxy) is 1. The lowest BCUT2D eigenvalue weighted by atomic mass is 10.0. The molecule has 0 radical (unpaired) electrons. The van der Waals surface area contributed by atoms with Crippen LogP contribution >= 0.6 is 15.9 Å². The first kappa shape index (κ1) is 14.0. The van der Waals surface area contributed by atoms with Crippen LogP contribution in [0.2, 0.25) is 0 Å². The van der Waals surface area contributed by atoms with Crippen molar-refractivity contribution < 1.29 is 4.74 Å². The Morgan fingerprint density at radius 2 is 1.90 bits per heavy atom. The van der Waals surface area contributed by atoms with E-state index in [0.717, 1.165) is 26.7 Å². The van der Waals surface area contributed by atoms with Crippen molar-refractivity contribution in [2.24, 2.45) is 0 Å². The van der Waals surface area contributed by atoms with Crippen molar-refractivity contribution in [1.29, 1.82) is 0 Å². The summed E-state index contributed by atoms with van der Waals surface area (Å²) in [6, 6.07) is 14.2. The summed E-state index contributed by atoms with van der Waals surface area (Å²) >= 11 is 3.50. The SMILES string of the molecule is CC(C)c1cc(Br)ccc1Oc1ncc2ccccc2n1. The van der Waals surface area contributed by atoms with Gasteiger partial charge in [0.05, 0.1) is 5.52 Å². The predicted molar refractivity (Wildman–Crippen MR) is 87.8 cm³/mol. The number of halogens is 1. The highest BCUT2D eigenvalue weighted by molar-refractivity contribution is 9.10. The van der Waals surface area contributed by atoms with Gasteiger partial charge in [-0.15, -0.1) is 0 Å². The number of rotatable bonds is 3. The molecular weight excluding hydrogens is 328 g/mol. The summed E-state index contributed by atoms with van der Waals surface area (Å²) in [5.41, 5.74) is 2.01. The molecule has 0 spiro atoms. The minimum absolute atomic E-state index is 0.359. The van der Waals surface area contributed by atoms with Crippen molar-refractivity contribution in [3.63, 3.8) is 0 Å². The Morgan fingerprint density at radius 1 is 1.10 bits per heavy atom. The Morgan fingerprint density at radius 3 is 2.71 bits per heavy atom. The van der Waals surface area contributed by atoms with E-state index in [9.17, 15) is 0 Å². The summed E-state index contributed by atoms with van der Waals surface area (Å²) in [7, 11) is 0. The zero-order chi connectivity index (χ0) is 14.8. The van der Waals surface area contributed by atoms with Gasteiger partial charge in [-0.25, -0.2) is 4.98 Å². The fourth-order valence-corrected chi connectivity index (χ4v) is 2.54. The fraction of sp³-hybridized carbons (Fsp3) is 0.176. The number of nitrogens with zero attached hydrogens (tertiary/aromatic N) is 2. The minimum Gasteiger partial charge on any atom is -0.424 e. The highest BCUT2D eigenvalue weighted by Gasteiger charge is 2.11. The molecule has 0 aliphatic heterocycles. The lowest BCUT2D eigenvalue weighted by molar-refractivity contribution is 0.436. The van der Waals surface area contributed by atoms with Gasteiger partial charge in [-0.2, -0.15) is 4.98 Å². The van der Waals surface area contributed by atoms with Crippen LogP contribution in [0.1, 0.15) is 25.3 Å². The molecule has 4 heteroatoms. The molecule has 3 rings (SSSR count). The maximum absolute atomic E-state index is 5.89. The van der Waals surface area contributed by atoms with Gasteiger partial charge in [-0.05, 0) is 35.7 Å². The first-order chi connectivity index (χ1) is 10.1. The quantitative estimate of drug-likeness (QED) is 0.647. The minimum atomic E-state index is 0.359.